The van der Waals surface area contributed by atoms with Crippen LogP contribution >= 0.6 is 0 Å². The summed E-state index contributed by atoms with van der Waals surface area (Å²) in [5.41, 5.74) is 8.67. The highest BCUT2D eigenvalue weighted by Gasteiger charge is 2.37. The Balaban J connectivity index is 1.27. The summed E-state index contributed by atoms with van der Waals surface area (Å²) in [6.07, 6.45) is 0.0677. The highest BCUT2D eigenvalue weighted by Crippen LogP contribution is 2.34. The number of esters is 1. The van der Waals surface area contributed by atoms with Crippen molar-refractivity contribution in [2.45, 2.75) is 38.6 Å². The number of carbonyl (C=O) groups is 3. The van der Waals surface area contributed by atoms with E-state index in [1.165, 1.54) is 17.6 Å². The van der Waals surface area contributed by atoms with Crippen LogP contribution in [-0.2, 0) is 38.8 Å². The number of ether oxygens (including phenoxy) is 3. The molecule has 0 spiro atoms. The SMILES string of the molecule is COC(=O)CCC(C(N)=O)N1Cc2c(OCc3cc4ccc(CN5CCOCC5)cc4o3)cccc2C1=O. The molecule has 0 aliphatic carbocycles. The minimum Gasteiger partial charge on any atom is -0.485 e. The van der Waals surface area contributed by atoms with Crippen molar-refractivity contribution >= 4 is 28.8 Å². The van der Waals surface area contributed by atoms with E-state index in [-0.39, 0.29) is 31.9 Å². The van der Waals surface area contributed by atoms with E-state index < -0.39 is 17.9 Å². The van der Waals surface area contributed by atoms with Crippen LogP contribution in [0.25, 0.3) is 11.0 Å². The molecule has 1 fully saturated rings. The third-order valence-corrected chi connectivity index (χ3v) is 7.02. The fraction of sp³-hybridized carbons (Fsp3) is 0.393. The van der Waals surface area contributed by atoms with Crippen molar-refractivity contribution in [3.8, 4) is 5.75 Å². The molecule has 1 atom stereocenters. The van der Waals surface area contributed by atoms with E-state index in [1.807, 2.05) is 12.1 Å². The normalized spacial score (nSPS) is 16.4. The van der Waals surface area contributed by atoms with Gasteiger partial charge in [-0.2, -0.15) is 0 Å². The molecule has 10 heteroatoms. The summed E-state index contributed by atoms with van der Waals surface area (Å²) in [4.78, 5) is 40.6. The first-order chi connectivity index (χ1) is 18.4. The zero-order valence-corrected chi connectivity index (χ0v) is 21.3. The lowest BCUT2D eigenvalue weighted by molar-refractivity contribution is -0.141. The van der Waals surface area contributed by atoms with Gasteiger partial charge in [0.2, 0.25) is 5.91 Å². The van der Waals surface area contributed by atoms with Crippen LogP contribution in [0.4, 0.5) is 0 Å². The summed E-state index contributed by atoms with van der Waals surface area (Å²) < 4.78 is 22.2. The number of primary amides is 1. The lowest BCUT2D eigenvalue weighted by Gasteiger charge is -2.26. The van der Waals surface area contributed by atoms with Crippen LogP contribution in [-0.4, -0.2) is 67.0 Å². The van der Waals surface area contributed by atoms with Crippen LogP contribution in [0.15, 0.2) is 46.9 Å². The number of methoxy groups -OCH3 is 1. The summed E-state index contributed by atoms with van der Waals surface area (Å²) in [5, 5.41) is 0.990. The molecule has 0 radical (unpaired) electrons. The third-order valence-electron chi connectivity index (χ3n) is 7.02. The van der Waals surface area contributed by atoms with Crippen LogP contribution in [0.5, 0.6) is 5.75 Å². The number of amides is 2. The van der Waals surface area contributed by atoms with Crippen molar-refractivity contribution in [3.63, 3.8) is 0 Å². The van der Waals surface area contributed by atoms with Crippen molar-refractivity contribution in [2.24, 2.45) is 5.73 Å². The summed E-state index contributed by atoms with van der Waals surface area (Å²) in [5.74, 6) is -0.273. The fourth-order valence-electron chi connectivity index (χ4n) is 4.99. The number of hydrogen-bond donors (Lipinski definition) is 1. The van der Waals surface area contributed by atoms with Gasteiger partial charge in [0.15, 0.2) is 0 Å². The minimum absolute atomic E-state index is 0.0200. The van der Waals surface area contributed by atoms with Gasteiger partial charge in [0.1, 0.15) is 29.7 Å². The predicted molar refractivity (Wildman–Crippen MR) is 137 cm³/mol. The van der Waals surface area contributed by atoms with Gasteiger partial charge in [-0.25, -0.2) is 0 Å². The molecule has 3 aromatic rings. The molecule has 3 heterocycles. The van der Waals surface area contributed by atoms with E-state index >= 15 is 0 Å². The van der Waals surface area contributed by atoms with E-state index in [0.29, 0.717) is 22.6 Å². The Morgan fingerprint density at radius 3 is 2.71 bits per heavy atom. The zero-order chi connectivity index (χ0) is 26.6. The van der Waals surface area contributed by atoms with E-state index in [9.17, 15) is 14.4 Å². The van der Waals surface area contributed by atoms with Crippen molar-refractivity contribution < 1.29 is 33.0 Å². The highest BCUT2D eigenvalue weighted by molar-refractivity contribution is 6.01. The van der Waals surface area contributed by atoms with Gasteiger partial charge in [-0.1, -0.05) is 18.2 Å². The van der Waals surface area contributed by atoms with Gasteiger partial charge in [-0.05, 0) is 36.2 Å². The molecule has 2 aromatic carbocycles. The van der Waals surface area contributed by atoms with Gasteiger partial charge >= 0.3 is 5.97 Å². The number of benzene rings is 2. The summed E-state index contributed by atoms with van der Waals surface area (Å²) in [7, 11) is 1.27. The van der Waals surface area contributed by atoms with Crippen molar-refractivity contribution in [1.29, 1.82) is 0 Å². The Hall–Kier alpha value is -3.89. The molecule has 2 amide bonds. The van der Waals surface area contributed by atoms with Crippen molar-refractivity contribution in [3.05, 3.63) is 64.9 Å². The molecule has 0 bridgehead atoms. The second-order valence-corrected chi connectivity index (χ2v) is 9.51. The Kier molecular flexibility index (Phi) is 7.62. The second-order valence-electron chi connectivity index (χ2n) is 9.51. The summed E-state index contributed by atoms with van der Waals surface area (Å²) in [6, 6.07) is 12.5. The van der Waals surface area contributed by atoms with Crippen molar-refractivity contribution in [2.75, 3.05) is 33.4 Å². The van der Waals surface area contributed by atoms with Crippen LogP contribution in [0, 0.1) is 0 Å². The Labute approximate surface area is 220 Å². The number of morpholine rings is 1. The largest absolute Gasteiger partial charge is 0.485 e. The van der Waals surface area contributed by atoms with Crippen molar-refractivity contribution in [1.82, 2.24) is 9.80 Å². The average molecular weight is 522 g/mol. The number of nitrogens with zero attached hydrogens (tertiary/aromatic N) is 2. The van der Waals surface area contributed by atoms with Gasteiger partial charge < -0.3 is 29.3 Å². The van der Waals surface area contributed by atoms with E-state index in [2.05, 4.69) is 21.8 Å². The molecule has 2 aliphatic heterocycles. The van der Waals surface area contributed by atoms with Crippen LogP contribution in [0.3, 0.4) is 0 Å². The van der Waals surface area contributed by atoms with E-state index in [1.54, 1.807) is 18.2 Å². The molecular formula is C28H31N3O7. The topological polar surface area (TPSA) is 125 Å². The zero-order valence-electron chi connectivity index (χ0n) is 21.3. The molecule has 2 N–H and O–H groups in total. The average Bonchev–Trinajstić information content (AvgIpc) is 3.48. The lowest BCUT2D eigenvalue weighted by atomic mass is 10.1. The number of furan rings is 1. The molecule has 2 aliphatic rings. The fourth-order valence-corrected chi connectivity index (χ4v) is 4.99. The molecule has 1 saturated heterocycles. The minimum atomic E-state index is -0.927. The van der Waals surface area contributed by atoms with Crippen LogP contribution < -0.4 is 10.5 Å². The molecule has 38 heavy (non-hydrogen) atoms. The van der Waals surface area contributed by atoms with E-state index in [0.717, 1.165) is 43.8 Å². The number of rotatable bonds is 10. The van der Waals surface area contributed by atoms with Gasteiger partial charge in [-0.15, -0.1) is 0 Å². The van der Waals surface area contributed by atoms with Crippen LogP contribution in [0.2, 0.25) is 0 Å². The third kappa shape index (κ3) is 5.51. The standard InChI is InChI=1S/C28H31N3O7/c1-35-26(32)8-7-23(27(29)33)31-16-22-21(28(31)34)3-2-4-24(22)37-17-20-14-19-6-5-18(13-25(19)38-20)15-30-9-11-36-12-10-30/h2-6,13-14,23H,7-12,15-17H2,1H3,(H2,29,33). The number of carbonyl (C=O) groups excluding carboxylic acids is 3. The number of hydrogen-bond acceptors (Lipinski definition) is 8. The van der Waals surface area contributed by atoms with Crippen LogP contribution in [0.1, 0.15) is 40.1 Å². The Morgan fingerprint density at radius 1 is 1.13 bits per heavy atom. The maximum absolute atomic E-state index is 13.1. The Bertz CT molecular complexity index is 1350. The quantitative estimate of drug-likeness (QED) is 0.404. The molecule has 5 rings (SSSR count). The van der Waals surface area contributed by atoms with E-state index in [4.69, 9.17) is 19.6 Å². The Morgan fingerprint density at radius 2 is 1.95 bits per heavy atom. The molecule has 1 aromatic heterocycles. The highest BCUT2D eigenvalue weighted by atomic mass is 16.5. The maximum Gasteiger partial charge on any atom is 0.305 e. The summed E-state index contributed by atoms with van der Waals surface area (Å²) >= 11 is 0. The number of fused-ring (bicyclic) bond motifs is 2. The van der Waals surface area contributed by atoms with Gasteiger partial charge in [0.25, 0.3) is 5.91 Å². The molecular weight excluding hydrogens is 490 g/mol. The summed E-state index contributed by atoms with van der Waals surface area (Å²) in [6.45, 7) is 4.54. The number of nitrogens with two attached hydrogens (primary N) is 1. The molecule has 10 nitrogen and oxygen atoms in total. The first-order valence-corrected chi connectivity index (χ1v) is 12.7. The second kappa shape index (κ2) is 11.2. The van der Waals surface area contributed by atoms with Gasteiger partial charge in [-0.3, -0.25) is 19.3 Å². The van der Waals surface area contributed by atoms with Gasteiger partial charge in [0, 0.05) is 42.6 Å². The smallest absolute Gasteiger partial charge is 0.305 e. The lowest BCUT2D eigenvalue weighted by Crippen LogP contribution is -2.45. The first-order valence-electron chi connectivity index (χ1n) is 12.7. The van der Waals surface area contributed by atoms with Gasteiger partial charge in [0.05, 0.1) is 26.9 Å². The maximum atomic E-state index is 13.1. The monoisotopic (exact) mass is 521 g/mol. The first kappa shape index (κ1) is 25.7. The molecule has 1 unspecified atom stereocenters. The molecule has 200 valence electrons. The predicted octanol–water partition coefficient (Wildman–Crippen LogP) is 2.61. The molecule has 0 saturated carbocycles.